The summed E-state index contributed by atoms with van der Waals surface area (Å²) in [5.74, 6) is 0.490. The fourth-order valence-electron chi connectivity index (χ4n) is 6.86. The summed E-state index contributed by atoms with van der Waals surface area (Å²) >= 11 is 0. The molecule has 8 heteroatoms. The lowest BCUT2D eigenvalue weighted by atomic mass is 9.51. The molecule has 2 bridgehead atoms. The molecule has 2 aliphatic carbocycles. The summed E-state index contributed by atoms with van der Waals surface area (Å²) in [6.07, 6.45) is 3.22. The fraction of sp³-hybridized carbons (Fsp3) is 0.536. The van der Waals surface area contributed by atoms with Gasteiger partial charge in [0.1, 0.15) is 16.4 Å². The second-order valence-corrected chi connectivity index (χ2v) is 13.0. The summed E-state index contributed by atoms with van der Waals surface area (Å²) in [7, 11) is -2.32. The Hall–Kier alpha value is -2.58. The van der Waals surface area contributed by atoms with Gasteiger partial charge >= 0.3 is 0 Å². The van der Waals surface area contributed by atoms with Crippen LogP contribution in [0.15, 0.2) is 47.4 Å². The Morgan fingerprint density at radius 3 is 2.61 bits per heavy atom. The molecule has 1 amide bonds. The van der Waals surface area contributed by atoms with E-state index in [-0.39, 0.29) is 39.6 Å². The van der Waals surface area contributed by atoms with Gasteiger partial charge < -0.3 is 14.7 Å². The van der Waals surface area contributed by atoms with Crippen LogP contribution in [0.4, 0.5) is 0 Å². The minimum atomic E-state index is -3.77. The van der Waals surface area contributed by atoms with E-state index in [4.69, 9.17) is 4.74 Å². The van der Waals surface area contributed by atoms with Crippen molar-refractivity contribution in [3.63, 3.8) is 0 Å². The van der Waals surface area contributed by atoms with Gasteiger partial charge in [-0.05, 0) is 66.8 Å². The topological polar surface area (TPSA) is 95.9 Å². The molecule has 3 aliphatic rings. The zero-order valence-electron chi connectivity index (χ0n) is 21.5. The van der Waals surface area contributed by atoms with Crippen LogP contribution in [-0.2, 0) is 26.7 Å². The third kappa shape index (κ3) is 3.80. The molecular formula is C28H36N2O5S. The number of carbonyl (C=O) groups excluding carboxylic acids is 1. The molecule has 2 aromatic carbocycles. The molecule has 0 radical (unpaired) electrons. The van der Waals surface area contributed by atoms with Crippen molar-refractivity contribution >= 4 is 15.9 Å². The first-order chi connectivity index (χ1) is 17.0. The van der Waals surface area contributed by atoms with Crippen molar-refractivity contribution in [1.29, 1.82) is 0 Å². The molecule has 1 saturated heterocycles. The van der Waals surface area contributed by atoms with Crippen LogP contribution in [0.1, 0.15) is 57.6 Å². The average Bonchev–Trinajstić information content (AvgIpc) is 3.29. The molecule has 2 fully saturated rings. The van der Waals surface area contributed by atoms with E-state index >= 15 is 0 Å². The standard InChI is InChI=1S/C28H36N2O5S/c1-27(2)25-17-20-21(8-7-9-22(20)31)28(27,3)14-15-30(25)26(32)18-12-13-19(16-18)29-36(33,34)24-11-6-5-10-23(24)35-4/h5-11,18-19,25,29,31H,12-17H2,1-4H3/t18?,19?,25-,28+/m1/s1. The Kier molecular flexibility index (Phi) is 6.11. The normalized spacial score (nSPS) is 29.0. The van der Waals surface area contributed by atoms with Crippen LogP contribution < -0.4 is 9.46 Å². The third-order valence-electron chi connectivity index (χ3n) is 9.37. The molecule has 2 aromatic rings. The largest absolute Gasteiger partial charge is 0.508 e. The number of fused-ring (bicyclic) bond motifs is 4. The van der Waals surface area contributed by atoms with Gasteiger partial charge in [-0.1, -0.05) is 45.0 Å². The molecule has 0 aromatic heterocycles. The number of aromatic hydroxyl groups is 1. The number of nitrogens with one attached hydrogen (secondary N) is 1. The number of likely N-dealkylation sites (tertiary alicyclic amines) is 1. The van der Waals surface area contributed by atoms with Gasteiger partial charge in [-0.25, -0.2) is 13.1 Å². The zero-order valence-corrected chi connectivity index (χ0v) is 22.3. The summed E-state index contributed by atoms with van der Waals surface area (Å²) < 4.78 is 34.1. The molecule has 1 aliphatic heterocycles. The van der Waals surface area contributed by atoms with Crippen LogP contribution in [0.25, 0.3) is 0 Å². The minimum Gasteiger partial charge on any atom is -0.508 e. The Labute approximate surface area is 213 Å². The zero-order chi connectivity index (χ0) is 25.9. The number of hydrogen-bond donors (Lipinski definition) is 2. The van der Waals surface area contributed by atoms with Crippen LogP contribution in [0.5, 0.6) is 11.5 Å². The van der Waals surface area contributed by atoms with E-state index < -0.39 is 10.0 Å². The predicted molar refractivity (Wildman–Crippen MR) is 138 cm³/mol. The summed E-state index contributed by atoms with van der Waals surface area (Å²) in [4.78, 5) is 16.0. The summed E-state index contributed by atoms with van der Waals surface area (Å²) in [6.45, 7) is 7.41. The highest BCUT2D eigenvalue weighted by Crippen LogP contribution is 2.57. The van der Waals surface area contributed by atoms with Crippen LogP contribution in [0.2, 0.25) is 0 Å². The van der Waals surface area contributed by atoms with Gasteiger partial charge in [0.05, 0.1) is 7.11 Å². The van der Waals surface area contributed by atoms with Gasteiger partial charge in [0.25, 0.3) is 0 Å². The Balaban J connectivity index is 1.33. The van der Waals surface area contributed by atoms with E-state index in [1.165, 1.54) is 18.7 Å². The second-order valence-electron chi connectivity index (χ2n) is 11.3. The second kappa shape index (κ2) is 8.77. The monoisotopic (exact) mass is 512 g/mol. The lowest BCUT2D eigenvalue weighted by Gasteiger charge is -2.61. The molecule has 2 unspecified atom stereocenters. The van der Waals surface area contributed by atoms with Gasteiger partial charge in [0.2, 0.25) is 15.9 Å². The lowest BCUT2D eigenvalue weighted by molar-refractivity contribution is -0.148. The van der Waals surface area contributed by atoms with Crippen molar-refractivity contribution in [3.05, 3.63) is 53.6 Å². The van der Waals surface area contributed by atoms with E-state index in [1.54, 1.807) is 24.3 Å². The number of rotatable bonds is 5. The highest BCUT2D eigenvalue weighted by Gasteiger charge is 2.57. The van der Waals surface area contributed by atoms with Crippen LogP contribution in [0.3, 0.4) is 0 Å². The summed E-state index contributed by atoms with van der Waals surface area (Å²) in [5, 5.41) is 10.6. The first-order valence-corrected chi connectivity index (χ1v) is 14.2. The van der Waals surface area contributed by atoms with E-state index in [0.29, 0.717) is 43.7 Å². The van der Waals surface area contributed by atoms with Gasteiger partial charge in [0, 0.05) is 30.0 Å². The number of hydrogen-bond acceptors (Lipinski definition) is 5. The number of phenols is 1. The van der Waals surface area contributed by atoms with Crippen LogP contribution in [0, 0.1) is 11.3 Å². The maximum absolute atomic E-state index is 13.8. The quantitative estimate of drug-likeness (QED) is 0.632. The number of para-hydroxylation sites is 1. The highest BCUT2D eigenvalue weighted by atomic mass is 32.2. The summed E-state index contributed by atoms with van der Waals surface area (Å²) in [6, 6.07) is 12.0. The maximum Gasteiger partial charge on any atom is 0.244 e. The maximum atomic E-state index is 13.8. The molecule has 1 heterocycles. The van der Waals surface area contributed by atoms with Crippen molar-refractivity contribution in [3.8, 4) is 11.5 Å². The Morgan fingerprint density at radius 2 is 1.86 bits per heavy atom. The molecule has 0 spiro atoms. The van der Waals surface area contributed by atoms with Crippen LogP contribution in [-0.4, -0.2) is 50.1 Å². The molecule has 194 valence electrons. The van der Waals surface area contributed by atoms with E-state index in [1.807, 2.05) is 11.0 Å². The fourth-order valence-corrected chi connectivity index (χ4v) is 8.31. The number of nitrogens with zero attached hydrogens (tertiary/aromatic N) is 1. The van der Waals surface area contributed by atoms with Crippen molar-refractivity contribution in [2.45, 2.75) is 75.3 Å². The number of sulfonamides is 1. The Morgan fingerprint density at radius 1 is 1.11 bits per heavy atom. The van der Waals surface area contributed by atoms with Gasteiger partial charge in [-0.3, -0.25) is 4.79 Å². The van der Waals surface area contributed by atoms with E-state index in [2.05, 4.69) is 31.6 Å². The summed E-state index contributed by atoms with van der Waals surface area (Å²) in [5.41, 5.74) is 1.85. The lowest BCUT2D eigenvalue weighted by Crippen LogP contribution is -2.65. The highest BCUT2D eigenvalue weighted by molar-refractivity contribution is 7.89. The number of benzene rings is 2. The van der Waals surface area contributed by atoms with Gasteiger partial charge in [-0.15, -0.1) is 0 Å². The number of ether oxygens (including phenoxy) is 1. The van der Waals surface area contributed by atoms with Crippen LogP contribution >= 0.6 is 0 Å². The predicted octanol–water partition coefficient (Wildman–Crippen LogP) is 3.99. The SMILES string of the molecule is COc1ccccc1S(=O)(=O)NC1CCC(C(=O)N2CC[C@@]3(C)c4cccc(O)c4C[C@@H]2C3(C)C)C1. The smallest absolute Gasteiger partial charge is 0.244 e. The number of carbonyl (C=O) groups is 1. The number of amides is 1. The molecule has 1 saturated carbocycles. The number of methoxy groups -OCH3 is 1. The number of piperidine rings is 1. The molecular weight excluding hydrogens is 476 g/mol. The first kappa shape index (κ1) is 25.1. The molecule has 36 heavy (non-hydrogen) atoms. The molecule has 5 rings (SSSR count). The Bertz CT molecular complexity index is 1290. The van der Waals surface area contributed by atoms with Crippen molar-refractivity contribution < 1.29 is 23.1 Å². The van der Waals surface area contributed by atoms with Crippen molar-refractivity contribution in [2.75, 3.05) is 13.7 Å². The molecule has 4 atom stereocenters. The molecule has 2 N–H and O–H groups in total. The molecule has 7 nitrogen and oxygen atoms in total. The van der Waals surface area contributed by atoms with Gasteiger partial charge in [0.15, 0.2) is 0 Å². The van der Waals surface area contributed by atoms with E-state index in [0.717, 1.165) is 12.0 Å². The average molecular weight is 513 g/mol. The number of phenolic OH excluding ortho intramolecular Hbond substituents is 1. The first-order valence-electron chi connectivity index (χ1n) is 12.8. The van der Waals surface area contributed by atoms with Crippen molar-refractivity contribution in [1.82, 2.24) is 9.62 Å². The minimum absolute atomic E-state index is 0.0196. The van der Waals surface area contributed by atoms with E-state index in [9.17, 15) is 18.3 Å². The van der Waals surface area contributed by atoms with Gasteiger partial charge in [-0.2, -0.15) is 0 Å². The third-order valence-corrected chi connectivity index (χ3v) is 10.9. The van der Waals surface area contributed by atoms with Crippen molar-refractivity contribution in [2.24, 2.45) is 11.3 Å².